The topological polar surface area (TPSA) is 38.4 Å². The van der Waals surface area contributed by atoms with Crippen molar-refractivity contribution in [3.05, 3.63) is 106 Å². The summed E-state index contributed by atoms with van der Waals surface area (Å²) < 4.78 is 4.41. The van der Waals surface area contributed by atoms with Gasteiger partial charge in [-0.05, 0) is 56.0 Å². The van der Waals surface area contributed by atoms with E-state index in [0.29, 0.717) is 15.7 Å². The van der Waals surface area contributed by atoms with Crippen LogP contribution in [0.2, 0.25) is 10.0 Å². The quantitative estimate of drug-likeness (QED) is 0.258. The minimum atomic E-state index is -0.128. The van der Waals surface area contributed by atoms with Crippen LogP contribution in [0.15, 0.2) is 79.0 Å². The molecule has 0 radical (unpaired) electrons. The fourth-order valence-electron chi connectivity index (χ4n) is 5.24. The lowest BCUT2D eigenvalue weighted by molar-refractivity contribution is 0.102. The lowest BCUT2D eigenvalue weighted by Crippen LogP contribution is -2.15. The molecule has 1 aliphatic rings. The zero-order valence-electron chi connectivity index (χ0n) is 19.9. The number of nitrogens with zero attached hydrogens (tertiary/aromatic N) is 2. The van der Waals surface area contributed by atoms with Gasteiger partial charge in [0.25, 0.3) is 5.91 Å². The lowest BCUT2D eigenvalue weighted by atomic mass is 9.97. The Kier molecular flexibility index (Phi) is 5.87. The Morgan fingerprint density at radius 1 is 0.889 bits per heavy atom. The maximum absolute atomic E-state index is 13.9. The summed E-state index contributed by atoms with van der Waals surface area (Å²) in [5.41, 5.74) is 8.96. The van der Waals surface area contributed by atoms with Crippen LogP contribution in [-0.4, -0.2) is 14.9 Å². The van der Waals surface area contributed by atoms with Crippen LogP contribution in [0.3, 0.4) is 0 Å². The Bertz CT molecular complexity index is 1600. The Morgan fingerprint density at radius 2 is 1.64 bits per heavy atom. The number of aromatic nitrogens is 2. The van der Waals surface area contributed by atoms with E-state index in [0.717, 1.165) is 59.5 Å². The Morgan fingerprint density at radius 3 is 2.39 bits per heavy atom. The van der Waals surface area contributed by atoms with Crippen LogP contribution in [0.1, 0.15) is 34.5 Å². The van der Waals surface area contributed by atoms with Crippen molar-refractivity contribution in [2.24, 2.45) is 0 Å². The van der Waals surface area contributed by atoms with E-state index < -0.39 is 0 Å². The maximum atomic E-state index is 13.9. The third-order valence-corrected chi connectivity index (χ3v) is 7.68. The van der Waals surface area contributed by atoms with Gasteiger partial charge in [0.05, 0.1) is 15.7 Å². The standard InChI is InChI=1S/C30H25Cl2N3O/c1-19-10-12-20(13-11-19)27-23-9-5-6-16-34-26(21-14-15-24(31)25(32)17-21)18-35(30(23)34)28(27)29(36)33-22-7-3-2-4-8-22/h2-4,7-8,10-15,17-18H,5-6,9,16H2,1H3,(H,33,36). The molecule has 6 rings (SSSR count). The molecule has 180 valence electrons. The number of nitrogens with one attached hydrogen (secondary N) is 1. The molecule has 0 spiro atoms. The van der Waals surface area contributed by atoms with Gasteiger partial charge in [-0.1, -0.05) is 77.3 Å². The Labute approximate surface area is 220 Å². The van der Waals surface area contributed by atoms with E-state index >= 15 is 0 Å². The Balaban J connectivity index is 1.62. The summed E-state index contributed by atoms with van der Waals surface area (Å²) in [6, 6.07) is 23.8. The molecular weight excluding hydrogens is 489 g/mol. The van der Waals surface area contributed by atoms with Crippen molar-refractivity contribution in [2.45, 2.75) is 32.7 Å². The zero-order chi connectivity index (χ0) is 24.8. The molecule has 0 bridgehead atoms. The summed E-state index contributed by atoms with van der Waals surface area (Å²) in [5, 5.41) is 4.17. The number of benzene rings is 3. The minimum absolute atomic E-state index is 0.128. The molecule has 3 heterocycles. The van der Waals surface area contributed by atoms with E-state index in [9.17, 15) is 4.79 Å². The van der Waals surface area contributed by atoms with Crippen molar-refractivity contribution in [2.75, 3.05) is 5.32 Å². The van der Waals surface area contributed by atoms with E-state index in [1.807, 2.05) is 48.5 Å². The summed E-state index contributed by atoms with van der Waals surface area (Å²) in [4.78, 5) is 13.9. The lowest BCUT2D eigenvalue weighted by Gasteiger charge is -2.11. The number of hydrogen-bond acceptors (Lipinski definition) is 1. The number of para-hydroxylation sites is 1. The zero-order valence-corrected chi connectivity index (χ0v) is 21.4. The average Bonchev–Trinajstić information content (AvgIpc) is 3.30. The van der Waals surface area contributed by atoms with Crippen molar-refractivity contribution in [3.8, 4) is 22.4 Å². The highest BCUT2D eigenvalue weighted by atomic mass is 35.5. The van der Waals surface area contributed by atoms with Crippen molar-refractivity contribution in [3.63, 3.8) is 0 Å². The van der Waals surface area contributed by atoms with Gasteiger partial charge in [0.1, 0.15) is 11.3 Å². The molecule has 0 aliphatic carbocycles. The molecule has 2 aromatic heterocycles. The minimum Gasteiger partial charge on any atom is -0.325 e. The number of hydrogen-bond donors (Lipinski definition) is 1. The first kappa shape index (κ1) is 23.0. The van der Waals surface area contributed by atoms with Gasteiger partial charge in [0, 0.05) is 35.1 Å². The van der Waals surface area contributed by atoms with Crippen LogP contribution < -0.4 is 5.32 Å². The summed E-state index contributed by atoms with van der Waals surface area (Å²) in [6.45, 7) is 2.95. The SMILES string of the molecule is Cc1ccc(-c2c3c4n(c(-c5ccc(Cl)c(Cl)c5)cn4c2C(=O)Nc2ccccc2)CCCC3)cc1. The third-order valence-electron chi connectivity index (χ3n) is 6.94. The Hall–Kier alpha value is -3.47. The van der Waals surface area contributed by atoms with Gasteiger partial charge in [-0.2, -0.15) is 0 Å². The fourth-order valence-corrected chi connectivity index (χ4v) is 5.54. The number of aryl methyl sites for hydroxylation is 3. The van der Waals surface area contributed by atoms with Gasteiger partial charge in [0.15, 0.2) is 0 Å². The van der Waals surface area contributed by atoms with Crippen LogP contribution in [-0.2, 0) is 13.0 Å². The first-order valence-corrected chi connectivity index (χ1v) is 12.9. The molecule has 1 aliphatic heterocycles. The molecule has 1 N–H and O–H groups in total. The van der Waals surface area contributed by atoms with Gasteiger partial charge >= 0.3 is 0 Å². The average molecular weight is 514 g/mol. The van der Waals surface area contributed by atoms with Crippen molar-refractivity contribution in [1.82, 2.24) is 8.97 Å². The molecular formula is C30H25Cl2N3O. The molecule has 0 unspecified atom stereocenters. The van der Waals surface area contributed by atoms with Crippen LogP contribution >= 0.6 is 23.2 Å². The van der Waals surface area contributed by atoms with E-state index in [4.69, 9.17) is 23.2 Å². The molecule has 6 heteroatoms. The second-order valence-electron chi connectivity index (χ2n) is 9.33. The number of amides is 1. The van der Waals surface area contributed by atoms with Crippen LogP contribution in [0.5, 0.6) is 0 Å². The van der Waals surface area contributed by atoms with Gasteiger partial charge in [-0.3, -0.25) is 9.20 Å². The second kappa shape index (κ2) is 9.20. The number of imidazole rings is 1. The number of rotatable bonds is 4. The largest absolute Gasteiger partial charge is 0.325 e. The number of halogens is 2. The maximum Gasteiger partial charge on any atom is 0.273 e. The molecule has 1 amide bonds. The number of anilines is 1. The number of carbonyl (C=O) groups is 1. The highest BCUT2D eigenvalue weighted by Crippen LogP contribution is 2.40. The van der Waals surface area contributed by atoms with Gasteiger partial charge in [-0.25, -0.2) is 0 Å². The summed E-state index contributed by atoms with van der Waals surface area (Å²) in [7, 11) is 0. The van der Waals surface area contributed by atoms with E-state index in [2.05, 4.69) is 51.7 Å². The predicted molar refractivity (Wildman–Crippen MR) is 148 cm³/mol. The van der Waals surface area contributed by atoms with Crippen LogP contribution in [0.25, 0.3) is 28.0 Å². The molecule has 0 fully saturated rings. The monoisotopic (exact) mass is 513 g/mol. The highest BCUT2D eigenvalue weighted by molar-refractivity contribution is 6.42. The molecule has 0 saturated heterocycles. The molecule has 4 nitrogen and oxygen atoms in total. The normalized spacial score (nSPS) is 13.1. The summed E-state index contributed by atoms with van der Waals surface area (Å²) >= 11 is 12.6. The molecule has 3 aromatic carbocycles. The first-order valence-electron chi connectivity index (χ1n) is 12.2. The van der Waals surface area contributed by atoms with Crippen molar-refractivity contribution in [1.29, 1.82) is 0 Å². The number of carbonyl (C=O) groups excluding carboxylic acids is 1. The molecule has 0 saturated carbocycles. The van der Waals surface area contributed by atoms with E-state index in [1.165, 1.54) is 11.1 Å². The highest BCUT2D eigenvalue weighted by Gasteiger charge is 2.29. The van der Waals surface area contributed by atoms with Crippen LogP contribution in [0, 0.1) is 6.92 Å². The predicted octanol–water partition coefficient (Wildman–Crippen LogP) is 8.28. The van der Waals surface area contributed by atoms with Gasteiger partial charge in [-0.15, -0.1) is 0 Å². The second-order valence-corrected chi connectivity index (χ2v) is 10.1. The fraction of sp³-hybridized carbons (Fsp3) is 0.167. The van der Waals surface area contributed by atoms with Crippen molar-refractivity contribution < 1.29 is 4.79 Å². The first-order chi connectivity index (χ1) is 17.5. The van der Waals surface area contributed by atoms with Crippen LogP contribution in [0.4, 0.5) is 5.69 Å². The summed E-state index contributed by atoms with van der Waals surface area (Å²) in [5.74, 6) is -0.128. The summed E-state index contributed by atoms with van der Waals surface area (Å²) in [6.07, 6.45) is 5.10. The van der Waals surface area contributed by atoms with Gasteiger partial charge in [0.2, 0.25) is 0 Å². The smallest absolute Gasteiger partial charge is 0.273 e. The van der Waals surface area contributed by atoms with Gasteiger partial charge < -0.3 is 9.88 Å². The molecule has 36 heavy (non-hydrogen) atoms. The third kappa shape index (κ3) is 3.91. The van der Waals surface area contributed by atoms with Crippen molar-refractivity contribution >= 4 is 40.4 Å². The molecule has 5 aromatic rings. The van der Waals surface area contributed by atoms with E-state index in [1.54, 1.807) is 0 Å². The van der Waals surface area contributed by atoms with E-state index in [-0.39, 0.29) is 5.91 Å². The molecule has 0 atom stereocenters.